The number of aldehydes is 1. The van der Waals surface area contributed by atoms with Crippen LogP contribution < -0.4 is 29.6 Å². The van der Waals surface area contributed by atoms with Crippen molar-refractivity contribution >= 4 is 17.4 Å². The predicted octanol–water partition coefficient (Wildman–Crippen LogP) is -2.44. The molecule has 1 aromatic carbocycles. The molecule has 13 heavy (non-hydrogen) atoms. The van der Waals surface area contributed by atoms with Crippen molar-refractivity contribution in [3.63, 3.8) is 0 Å². The Kier molecular flexibility index (Phi) is 8.75. The van der Waals surface area contributed by atoms with E-state index >= 15 is 0 Å². The number of carbonyl (C=O) groups is 1. The summed E-state index contributed by atoms with van der Waals surface area (Å²) < 4.78 is 20.7. The van der Waals surface area contributed by atoms with E-state index in [9.17, 15) is 13.6 Å². The van der Waals surface area contributed by atoms with E-state index in [-0.39, 0.29) is 39.9 Å². The predicted molar refractivity (Wildman–Crippen MR) is 41.0 cm³/mol. The SMILES string of the molecule is O=Cc1cccc(S(=O)[O-])c1.[Na+].[OH-]. The third kappa shape index (κ3) is 4.66. The quantitative estimate of drug-likeness (QED) is 0.307. The summed E-state index contributed by atoms with van der Waals surface area (Å²) in [4.78, 5) is 10.3. The smallest absolute Gasteiger partial charge is 0.870 e. The van der Waals surface area contributed by atoms with Gasteiger partial charge in [-0.2, -0.15) is 0 Å². The van der Waals surface area contributed by atoms with Gasteiger partial charge in [0.1, 0.15) is 6.29 Å². The van der Waals surface area contributed by atoms with Gasteiger partial charge < -0.3 is 10.0 Å². The van der Waals surface area contributed by atoms with Crippen LogP contribution in [0.25, 0.3) is 0 Å². The van der Waals surface area contributed by atoms with E-state index in [1.165, 1.54) is 18.2 Å². The molecule has 6 heteroatoms. The molecule has 0 bridgehead atoms. The molecule has 0 aromatic heterocycles. The first-order chi connectivity index (χ1) is 5.24. The maximum Gasteiger partial charge on any atom is 1.00 e. The van der Waals surface area contributed by atoms with Gasteiger partial charge in [0.2, 0.25) is 0 Å². The molecule has 1 unspecified atom stereocenters. The van der Waals surface area contributed by atoms with E-state index in [1.54, 1.807) is 6.07 Å². The minimum atomic E-state index is -2.25. The van der Waals surface area contributed by atoms with Crippen LogP contribution in [0.4, 0.5) is 0 Å². The molecular weight excluding hydrogens is 203 g/mol. The van der Waals surface area contributed by atoms with Gasteiger partial charge in [0, 0.05) is 10.5 Å². The molecule has 0 saturated heterocycles. The summed E-state index contributed by atoms with van der Waals surface area (Å²) in [6.45, 7) is 0. The third-order valence-corrected chi connectivity index (χ3v) is 1.83. The van der Waals surface area contributed by atoms with Crippen molar-refractivity contribution in [3.05, 3.63) is 29.8 Å². The zero-order valence-corrected chi connectivity index (χ0v) is 9.78. The zero-order chi connectivity index (χ0) is 8.27. The molecule has 1 aromatic rings. The maximum absolute atomic E-state index is 10.4. The maximum atomic E-state index is 10.4. The topological polar surface area (TPSA) is 87.2 Å². The number of hydrogen-bond acceptors (Lipinski definition) is 4. The molecule has 0 spiro atoms. The first-order valence-corrected chi connectivity index (χ1v) is 3.96. The van der Waals surface area contributed by atoms with Gasteiger partial charge in [-0.3, -0.25) is 9.00 Å². The number of carbonyl (C=O) groups excluding carboxylic acids is 1. The Hall–Kier alpha value is -0.0400. The van der Waals surface area contributed by atoms with Gasteiger partial charge in [-0.25, -0.2) is 0 Å². The Morgan fingerprint density at radius 2 is 2.00 bits per heavy atom. The van der Waals surface area contributed by atoms with Crippen LogP contribution in [0.15, 0.2) is 29.2 Å². The van der Waals surface area contributed by atoms with Crippen LogP contribution in [0.2, 0.25) is 0 Å². The number of rotatable bonds is 2. The minimum absolute atomic E-state index is 0. The average molecular weight is 209 g/mol. The molecule has 1 rings (SSSR count). The van der Waals surface area contributed by atoms with Gasteiger partial charge in [0.15, 0.2) is 0 Å². The summed E-state index contributed by atoms with van der Waals surface area (Å²) in [7, 11) is 0. The molecule has 0 aliphatic heterocycles. The summed E-state index contributed by atoms with van der Waals surface area (Å²) in [5.74, 6) is 0. The van der Waals surface area contributed by atoms with Crippen molar-refractivity contribution in [3.8, 4) is 0 Å². The fraction of sp³-hybridized carbons (Fsp3) is 0. The Morgan fingerprint density at radius 3 is 2.46 bits per heavy atom. The molecule has 1 N–H and O–H groups in total. The number of benzene rings is 1. The van der Waals surface area contributed by atoms with Crippen molar-refractivity contribution in [2.45, 2.75) is 4.90 Å². The third-order valence-electron chi connectivity index (χ3n) is 1.19. The summed E-state index contributed by atoms with van der Waals surface area (Å²) in [5, 5.41) is 0. The molecule has 0 aliphatic carbocycles. The van der Waals surface area contributed by atoms with Crippen molar-refractivity contribution in [2.75, 3.05) is 0 Å². The van der Waals surface area contributed by atoms with Gasteiger partial charge >= 0.3 is 29.6 Å². The van der Waals surface area contributed by atoms with E-state index in [0.29, 0.717) is 11.8 Å². The van der Waals surface area contributed by atoms with Crippen LogP contribution in [0, 0.1) is 0 Å². The molecule has 0 amide bonds. The molecule has 1 atom stereocenters. The second-order valence-electron chi connectivity index (χ2n) is 1.93. The van der Waals surface area contributed by atoms with Crippen molar-refractivity contribution < 1.29 is 48.6 Å². The van der Waals surface area contributed by atoms with Crippen LogP contribution in [0.5, 0.6) is 0 Å². The van der Waals surface area contributed by atoms with Gasteiger partial charge in [0.25, 0.3) is 0 Å². The van der Waals surface area contributed by atoms with E-state index in [1.807, 2.05) is 0 Å². The van der Waals surface area contributed by atoms with Crippen LogP contribution >= 0.6 is 0 Å². The Balaban J connectivity index is 0. The molecule has 0 aliphatic rings. The first-order valence-electron chi connectivity index (χ1n) is 2.88. The van der Waals surface area contributed by atoms with E-state index in [0.717, 1.165) is 0 Å². The fourth-order valence-corrected chi connectivity index (χ4v) is 1.11. The van der Waals surface area contributed by atoms with Crippen molar-refractivity contribution in [1.29, 1.82) is 0 Å². The summed E-state index contributed by atoms with van der Waals surface area (Å²) in [6.07, 6.45) is 0.607. The van der Waals surface area contributed by atoms with Crippen LogP contribution in [-0.4, -0.2) is 20.5 Å². The van der Waals surface area contributed by atoms with Crippen LogP contribution in [-0.2, 0) is 11.1 Å². The summed E-state index contributed by atoms with van der Waals surface area (Å²) in [5.41, 5.74) is 0.367. The summed E-state index contributed by atoms with van der Waals surface area (Å²) >= 11 is -2.25. The van der Waals surface area contributed by atoms with Gasteiger partial charge in [-0.05, 0) is 23.2 Å². The molecule has 0 saturated carbocycles. The molecule has 0 radical (unpaired) electrons. The molecule has 66 valence electrons. The van der Waals surface area contributed by atoms with Gasteiger partial charge in [-0.15, -0.1) is 0 Å². The second-order valence-corrected chi connectivity index (χ2v) is 2.87. The molecule has 0 fully saturated rings. The van der Waals surface area contributed by atoms with E-state index in [2.05, 4.69) is 0 Å². The number of hydrogen-bond donors (Lipinski definition) is 0. The summed E-state index contributed by atoms with van der Waals surface area (Å²) in [6, 6.07) is 5.81. The van der Waals surface area contributed by atoms with Crippen molar-refractivity contribution in [2.24, 2.45) is 0 Å². The van der Waals surface area contributed by atoms with Gasteiger partial charge in [-0.1, -0.05) is 12.1 Å². The Morgan fingerprint density at radius 1 is 1.38 bits per heavy atom. The Bertz CT molecular complexity index is 302. The largest absolute Gasteiger partial charge is 1.00 e. The van der Waals surface area contributed by atoms with E-state index in [4.69, 9.17) is 0 Å². The van der Waals surface area contributed by atoms with E-state index < -0.39 is 11.1 Å². The van der Waals surface area contributed by atoms with Crippen LogP contribution in [0.1, 0.15) is 10.4 Å². The zero-order valence-electron chi connectivity index (χ0n) is 6.97. The molecule has 0 heterocycles. The average Bonchev–Trinajstić information content (AvgIpc) is 2.05. The van der Waals surface area contributed by atoms with Gasteiger partial charge in [0.05, 0.1) is 0 Å². The van der Waals surface area contributed by atoms with Crippen LogP contribution in [0.3, 0.4) is 0 Å². The normalized spacial score (nSPS) is 10.5. The molecule has 4 nitrogen and oxygen atoms in total. The van der Waals surface area contributed by atoms with Crippen molar-refractivity contribution in [1.82, 2.24) is 0 Å². The fourth-order valence-electron chi connectivity index (χ4n) is 0.692. The molecular formula is C7H6NaO4S-. The monoisotopic (exact) mass is 209 g/mol. The first kappa shape index (κ1) is 15.4. The Labute approximate surface area is 100 Å². The minimum Gasteiger partial charge on any atom is -0.870 e. The standard InChI is InChI=1S/C7H6O3S.Na.H2O/c8-5-6-2-1-3-7(4-6)11(9)10;;/h1-5H,(H,9,10);;1H2/q;+1;/p-2. The second kappa shape index (κ2) is 7.37.